The summed E-state index contributed by atoms with van der Waals surface area (Å²) in [7, 11) is 1.84. The third kappa shape index (κ3) is 4.20. The Bertz CT molecular complexity index is 832. The van der Waals surface area contributed by atoms with E-state index in [4.69, 9.17) is 0 Å². The van der Waals surface area contributed by atoms with Gasteiger partial charge in [0.2, 0.25) is 0 Å². The molecule has 2 amide bonds. The second-order valence-electron chi connectivity index (χ2n) is 5.56. The Hall–Kier alpha value is -3.22. The van der Waals surface area contributed by atoms with E-state index in [2.05, 4.69) is 20.6 Å². The normalized spacial score (nSPS) is 11.8. The molecular weight excluding hydrogens is 321 g/mol. The van der Waals surface area contributed by atoms with Crippen LogP contribution >= 0.6 is 0 Å². The van der Waals surface area contributed by atoms with Crippen molar-refractivity contribution in [3.63, 3.8) is 0 Å². The van der Waals surface area contributed by atoms with Gasteiger partial charge in [-0.2, -0.15) is 0 Å². The summed E-state index contributed by atoms with van der Waals surface area (Å²) in [6.07, 6.45) is 6.79. The molecule has 3 rings (SSSR count). The predicted molar refractivity (Wildman–Crippen MR) is 91.1 cm³/mol. The van der Waals surface area contributed by atoms with E-state index in [1.54, 1.807) is 36.9 Å². The van der Waals surface area contributed by atoms with E-state index in [1.807, 2.05) is 23.7 Å². The molecule has 0 aliphatic heterocycles. The summed E-state index contributed by atoms with van der Waals surface area (Å²) < 4.78 is 15.0. The van der Waals surface area contributed by atoms with Gasteiger partial charge in [0.1, 0.15) is 17.7 Å². The molecule has 3 aromatic rings. The molecule has 0 saturated carbocycles. The molecule has 1 unspecified atom stereocenters. The molecule has 0 spiro atoms. The number of carbonyl (C=O) groups is 1. The molecule has 1 aromatic carbocycles. The standard InChI is InChI=1S/C18H18FN5O/c1-24-11-10-21-17(24)16(14-2-4-15(19)5-3-14)23-18(25)22-12-13-6-8-20-9-7-13/h2-11,16H,12H2,1H3,(H2,22,23,25). The second kappa shape index (κ2) is 7.57. The zero-order valence-corrected chi connectivity index (χ0v) is 13.7. The SMILES string of the molecule is Cn1ccnc1C(NC(=O)NCc1ccncc1)c1ccc(F)cc1. The molecule has 2 N–H and O–H groups in total. The van der Waals surface area contributed by atoms with Crippen LogP contribution in [0.5, 0.6) is 0 Å². The van der Waals surface area contributed by atoms with E-state index in [9.17, 15) is 9.18 Å². The van der Waals surface area contributed by atoms with E-state index in [-0.39, 0.29) is 11.8 Å². The van der Waals surface area contributed by atoms with Gasteiger partial charge < -0.3 is 15.2 Å². The number of nitrogens with one attached hydrogen (secondary N) is 2. The van der Waals surface area contributed by atoms with Crippen molar-refractivity contribution in [3.05, 3.63) is 84.0 Å². The smallest absolute Gasteiger partial charge is 0.315 e. The Balaban J connectivity index is 1.74. The lowest BCUT2D eigenvalue weighted by Crippen LogP contribution is -2.38. The van der Waals surface area contributed by atoms with Crippen molar-refractivity contribution in [3.8, 4) is 0 Å². The maximum atomic E-state index is 13.2. The topological polar surface area (TPSA) is 71.8 Å². The van der Waals surface area contributed by atoms with E-state index < -0.39 is 6.04 Å². The number of imidazole rings is 1. The van der Waals surface area contributed by atoms with Gasteiger partial charge in [0.25, 0.3) is 0 Å². The number of benzene rings is 1. The van der Waals surface area contributed by atoms with Crippen LogP contribution in [0.15, 0.2) is 61.2 Å². The molecular formula is C18H18FN5O. The number of aryl methyl sites for hydroxylation is 1. The van der Waals surface area contributed by atoms with Gasteiger partial charge in [-0.15, -0.1) is 0 Å². The summed E-state index contributed by atoms with van der Waals surface area (Å²) in [4.78, 5) is 20.6. The monoisotopic (exact) mass is 339 g/mol. The molecule has 6 nitrogen and oxygen atoms in total. The fourth-order valence-corrected chi connectivity index (χ4v) is 2.47. The summed E-state index contributed by atoms with van der Waals surface area (Å²) in [5.41, 5.74) is 1.69. The molecule has 128 valence electrons. The molecule has 0 saturated heterocycles. The van der Waals surface area contributed by atoms with Crippen LogP contribution in [0.4, 0.5) is 9.18 Å². The number of amides is 2. The Morgan fingerprint density at radius 2 is 1.88 bits per heavy atom. The first kappa shape index (κ1) is 16.6. The molecule has 0 radical (unpaired) electrons. The first-order valence-electron chi connectivity index (χ1n) is 7.79. The van der Waals surface area contributed by atoms with Crippen LogP contribution in [0.1, 0.15) is 23.0 Å². The third-order valence-electron chi connectivity index (χ3n) is 3.80. The molecule has 0 aliphatic rings. The van der Waals surface area contributed by atoms with Gasteiger partial charge in [-0.05, 0) is 35.4 Å². The fraction of sp³-hybridized carbons (Fsp3) is 0.167. The minimum Gasteiger partial charge on any atom is -0.336 e. The number of nitrogens with zero attached hydrogens (tertiary/aromatic N) is 3. The van der Waals surface area contributed by atoms with Gasteiger partial charge in [-0.1, -0.05) is 12.1 Å². The molecule has 2 aromatic heterocycles. The second-order valence-corrected chi connectivity index (χ2v) is 5.56. The highest BCUT2D eigenvalue weighted by Crippen LogP contribution is 2.20. The lowest BCUT2D eigenvalue weighted by atomic mass is 10.1. The average Bonchev–Trinajstić information content (AvgIpc) is 3.05. The highest BCUT2D eigenvalue weighted by molar-refractivity contribution is 5.74. The van der Waals surface area contributed by atoms with Gasteiger partial charge in [-0.25, -0.2) is 14.2 Å². The molecule has 7 heteroatoms. The third-order valence-corrected chi connectivity index (χ3v) is 3.80. The van der Waals surface area contributed by atoms with Crippen LogP contribution in [0.25, 0.3) is 0 Å². The summed E-state index contributed by atoms with van der Waals surface area (Å²) >= 11 is 0. The average molecular weight is 339 g/mol. The van der Waals surface area contributed by atoms with Crippen molar-refractivity contribution in [2.24, 2.45) is 7.05 Å². The molecule has 0 fully saturated rings. The Kier molecular flexibility index (Phi) is 5.03. The maximum absolute atomic E-state index is 13.2. The summed E-state index contributed by atoms with van der Waals surface area (Å²) in [6, 6.07) is 8.83. The minimum absolute atomic E-state index is 0.329. The summed E-state index contributed by atoms with van der Waals surface area (Å²) in [6.45, 7) is 0.380. The van der Waals surface area contributed by atoms with Gasteiger partial charge in [0.05, 0.1) is 0 Å². The highest BCUT2D eigenvalue weighted by Gasteiger charge is 2.20. The van der Waals surface area contributed by atoms with Crippen molar-refractivity contribution < 1.29 is 9.18 Å². The van der Waals surface area contributed by atoms with E-state index in [0.29, 0.717) is 12.4 Å². The van der Waals surface area contributed by atoms with Crippen LogP contribution in [-0.2, 0) is 13.6 Å². The zero-order valence-electron chi connectivity index (χ0n) is 13.7. The Labute approximate surface area is 144 Å². The van der Waals surface area contributed by atoms with Gasteiger partial charge in [0.15, 0.2) is 0 Å². The summed E-state index contributed by atoms with van der Waals surface area (Å²) in [5.74, 6) is 0.329. The van der Waals surface area contributed by atoms with Gasteiger partial charge in [0, 0.05) is 38.4 Å². The van der Waals surface area contributed by atoms with Gasteiger partial charge in [-0.3, -0.25) is 4.98 Å². The van der Waals surface area contributed by atoms with Crippen LogP contribution in [0, 0.1) is 5.82 Å². The molecule has 25 heavy (non-hydrogen) atoms. The van der Waals surface area contributed by atoms with E-state index >= 15 is 0 Å². The fourth-order valence-electron chi connectivity index (χ4n) is 2.47. The summed E-state index contributed by atoms with van der Waals surface area (Å²) in [5, 5.41) is 5.70. The number of rotatable bonds is 5. The quantitative estimate of drug-likeness (QED) is 0.750. The molecule has 0 aliphatic carbocycles. The molecule has 0 bridgehead atoms. The number of pyridine rings is 1. The van der Waals surface area contributed by atoms with Crippen molar-refractivity contribution in [2.75, 3.05) is 0 Å². The number of urea groups is 1. The van der Waals surface area contributed by atoms with Gasteiger partial charge >= 0.3 is 6.03 Å². The number of hydrogen-bond donors (Lipinski definition) is 2. The maximum Gasteiger partial charge on any atom is 0.315 e. The highest BCUT2D eigenvalue weighted by atomic mass is 19.1. The number of carbonyl (C=O) groups excluding carboxylic acids is 1. The van der Waals surface area contributed by atoms with Crippen LogP contribution < -0.4 is 10.6 Å². The zero-order chi connectivity index (χ0) is 17.6. The van der Waals surface area contributed by atoms with Crippen molar-refractivity contribution >= 4 is 6.03 Å². The van der Waals surface area contributed by atoms with Crippen LogP contribution in [0.3, 0.4) is 0 Å². The first-order chi connectivity index (χ1) is 12.1. The Morgan fingerprint density at radius 1 is 1.16 bits per heavy atom. The lowest BCUT2D eigenvalue weighted by Gasteiger charge is -2.19. The van der Waals surface area contributed by atoms with E-state index in [0.717, 1.165) is 11.1 Å². The number of hydrogen-bond acceptors (Lipinski definition) is 3. The number of halogens is 1. The predicted octanol–water partition coefficient (Wildman–Crippen LogP) is 2.54. The largest absolute Gasteiger partial charge is 0.336 e. The van der Waals surface area contributed by atoms with Crippen molar-refractivity contribution in [2.45, 2.75) is 12.6 Å². The minimum atomic E-state index is -0.488. The lowest BCUT2D eigenvalue weighted by molar-refractivity contribution is 0.237. The molecule has 2 heterocycles. The van der Waals surface area contributed by atoms with Crippen LogP contribution in [0.2, 0.25) is 0 Å². The van der Waals surface area contributed by atoms with Crippen LogP contribution in [-0.4, -0.2) is 20.6 Å². The number of aromatic nitrogens is 3. The van der Waals surface area contributed by atoms with E-state index in [1.165, 1.54) is 12.1 Å². The van der Waals surface area contributed by atoms with Crippen molar-refractivity contribution in [1.82, 2.24) is 25.2 Å². The molecule has 1 atom stereocenters. The Morgan fingerprint density at radius 3 is 2.52 bits per heavy atom. The first-order valence-corrected chi connectivity index (χ1v) is 7.79. The van der Waals surface area contributed by atoms with Crippen molar-refractivity contribution in [1.29, 1.82) is 0 Å².